The van der Waals surface area contributed by atoms with Crippen molar-refractivity contribution in [3.63, 3.8) is 0 Å². The minimum atomic E-state index is -0.489. The Morgan fingerprint density at radius 1 is 1.39 bits per heavy atom. The minimum Gasteiger partial charge on any atom is -0.444 e. The lowest BCUT2D eigenvalue weighted by molar-refractivity contribution is 0.0523. The Hall–Kier alpha value is -1.67. The Morgan fingerprint density at radius 3 is 2.50 bits per heavy atom. The summed E-state index contributed by atoms with van der Waals surface area (Å²) < 4.78 is 5.12. The smallest absolute Gasteiger partial charge is 0.407 e. The Kier molecular flexibility index (Phi) is 5.05. The van der Waals surface area contributed by atoms with Crippen molar-refractivity contribution < 1.29 is 9.53 Å². The number of benzene rings is 1. The summed E-state index contributed by atoms with van der Waals surface area (Å²) in [6.07, 6.45) is -0.432. The highest BCUT2D eigenvalue weighted by Crippen LogP contribution is 2.16. The second-order valence-electron chi connectivity index (χ2n) is 4.69. The third kappa shape index (κ3) is 5.60. The van der Waals surface area contributed by atoms with Crippen LogP contribution < -0.4 is 5.32 Å². The molecule has 0 aliphatic rings. The zero-order valence-electron chi connectivity index (χ0n) is 10.7. The predicted molar refractivity (Wildman–Crippen MR) is 71.0 cm³/mol. The lowest BCUT2D eigenvalue weighted by Crippen LogP contribution is -2.32. The first-order valence-corrected chi connectivity index (χ1v) is 6.34. The molecule has 1 aromatic carbocycles. The molecule has 0 unspecified atom stereocenters. The van der Waals surface area contributed by atoms with E-state index >= 15 is 0 Å². The maximum atomic E-state index is 11.4. The maximum Gasteiger partial charge on any atom is 0.407 e. The number of thioether (sulfide) groups is 1. The van der Waals surface area contributed by atoms with Gasteiger partial charge < -0.3 is 10.1 Å². The first-order chi connectivity index (χ1) is 8.40. The van der Waals surface area contributed by atoms with Gasteiger partial charge in [0.25, 0.3) is 0 Å². The Labute approximate surface area is 111 Å². The molecule has 1 amide bonds. The highest BCUT2D eigenvalue weighted by atomic mass is 32.2. The monoisotopic (exact) mass is 264 g/mol. The molecule has 0 atom stereocenters. The van der Waals surface area contributed by atoms with Gasteiger partial charge in [-0.25, -0.2) is 4.79 Å². The number of nitrogens with zero attached hydrogens (tertiary/aromatic N) is 1. The lowest BCUT2D eigenvalue weighted by atomic mass is 10.2. The van der Waals surface area contributed by atoms with E-state index in [9.17, 15) is 4.79 Å². The first kappa shape index (κ1) is 14.4. The summed E-state index contributed by atoms with van der Waals surface area (Å²) in [6, 6.07) is 7.44. The van der Waals surface area contributed by atoms with Crippen molar-refractivity contribution in [2.45, 2.75) is 37.8 Å². The van der Waals surface area contributed by atoms with Gasteiger partial charge in [-0.15, -0.1) is 0 Å². The number of hydrogen-bond acceptors (Lipinski definition) is 4. The third-order valence-electron chi connectivity index (χ3n) is 1.92. The SMILES string of the molecule is CC(C)(C)OC(=O)NCc1ccc(SC#N)cc1. The van der Waals surface area contributed by atoms with Crippen molar-refractivity contribution in [2.75, 3.05) is 0 Å². The van der Waals surface area contributed by atoms with Crippen molar-refractivity contribution >= 4 is 17.9 Å². The van der Waals surface area contributed by atoms with Crippen LogP contribution in [0.2, 0.25) is 0 Å². The summed E-state index contributed by atoms with van der Waals surface area (Å²) in [5.74, 6) is 0. The molecular weight excluding hydrogens is 248 g/mol. The van der Waals surface area contributed by atoms with E-state index in [4.69, 9.17) is 10.00 Å². The van der Waals surface area contributed by atoms with E-state index in [1.54, 1.807) is 0 Å². The Morgan fingerprint density at radius 2 is 2.00 bits per heavy atom. The Bertz CT molecular complexity index is 444. The molecule has 0 heterocycles. The molecule has 0 aliphatic carbocycles. The summed E-state index contributed by atoms with van der Waals surface area (Å²) in [7, 11) is 0. The van der Waals surface area contributed by atoms with Crippen molar-refractivity contribution in [3.05, 3.63) is 29.8 Å². The van der Waals surface area contributed by atoms with Gasteiger partial charge in [0, 0.05) is 11.4 Å². The molecule has 0 bridgehead atoms. The molecule has 5 heteroatoms. The minimum absolute atomic E-state index is 0.409. The van der Waals surface area contributed by atoms with Crippen LogP contribution in [0.1, 0.15) is 26.3 Å². The summed E-state index contributed by atoms with van der Waals surface area (Å²) >= 11 is 1.11. The number of hydrogen-bond donors (Lipinski definition) is 1. The summed E-state index contributed by atoms with van der Waals surface area (Å²) in [5, 5.41) is 13.2. The van der Waals surface area contributed by atoms with Crippen LogP contribution in [-0.2, 0) is 11.3 Å². The number of amides is 1. The van der Waals surface area contributed by atoms with Crippen molar-refractivity contribution in [2.24, 2.45) is 0 Å². The number of carbonyl (C=O) groups excluding carboxylic acids is 1. The van der Waals surface area contributed by atoms with Gasteiger partial charge in [0.15, 0.2) is 0 Å². The average molecular weight is 264 g/mol. The molecule has 4 nitrogen and oxygen atoms in total. The van der Waals surface area contributed by atoms with Gasteiger partial charge in [0.1, 0.15) is 11.0 Å². The van der Waals surface area contributed by atoms with Gasteiger partial charge >= 0.3 is 6.09 Å². The van der Waals surface area contributed by atoms with Crippen molar-refractivity contribution in [3.8, 4) is 5.40 Å². The van der Waals surface area contributed by atoms with E-state index in [0.29, 0.717) is 6.54 Å². The van der Waals surface area contributed by atoms with Crippen molar-refractivity contribution in [1.29, 1.82) is 5.26 Å². The highest BCUT2D eigenvalue weighted by Gasteiger charge is 2.15. The standard InChI is InChI=1S/C13H16N2O2S/c1-13(2,3)17-12(16)15-8-10-4-6-11(7-5-10)18-9-14/h4-7H,8H2,1-3H3,(H,15,16). The summed E-state index contributed by atoms with van der Waals surface area (Å²) in [4.78, 5) is 12.3. The first-order valence-electron chi connectivity index (χ1n) is 5.52. The molecule has 0 saturated carbocycles. The molecule has 0 aliphatic heterocycles. The molecule has 0 spiro atoms. The van der Waals surface area contributed by atoms with Crippen molar-refractivity contribution in [1.82, 2.24) is 5.32 Å². The molecule has 96 valence electrons. The summed E-state index contributed by atoms with van der Waals surface area (Å²) in [5.41, 5.74) is 0.473. The number of nitrogens with one attached hydrogen (secondary N) is 1. The quantitative estimate of drug-likeness (QED) is 0.672. The number of thiocyanates is 1. The summed E-state index contributed by atoms with van der Waals surface area (Å²) in [6.45, 7) is 5.87. The van der Waals surface area contributed by atoms with Gasteiger partial charge in [-0.1, -0.05) is 12.1 Å². The van der Waals surface area contributed by atoms with E-state index in [1.165, 1.54) is 0 Å². The van der Waals surface area contributed by atoms with Gasteiger partial charge in [-0.05, 0) is 50.2 Å². The predicted octanol–water partition coefficient (Wildman–Crippen LogP) is 3.28. The van der Waals surface area contributed by atoms with Gasteiger partial charge in [-0.2, -0.15) is 5.26 Å². The Balaban J connectivity index is 2.44. The normalized spacial score (nSPS) is 10.6. The number of carbonyl (C=O) groups is 1. The second kappa shape index (κ2) is 6.31. The van der Waals surface area contributed by atoms with Crippen LogP contribution in [0.3, 0.4) is 0 Å². The molecular formula is C13H16N2O2S. The van der Waals surface area contributed by atoms with Gasteiger partial charge in [0.05, 0.1) is 0 Å². The van der Waals surface area contributed by atoms with E-state index in [2.05, 4.69) is 5.32 Å². The van der Waals surface area contributed by atoms with Crippen LogP contribution in [0.15, 0.2) is 29.2 Å². The lowest BCUT2D eigenvalue weighted by Gasteiger charge is -2.19. The van der Waals surface area contributed by atoms with E-state index < -0.39 is 11.7 Å². The molecule has 1 N–H and O–H groups in total. The van der Waals surface area contributed by atoms with Crippen LogP contribution >= 0.6 is 11.8 Å². The zero-order chi connectivity index (χ0) is 13.6. The number of rotatable bonds is 3. The molecule has 0 saturated heterocycles. The van der Waals surface area contributed by atoms with Crippen LogP contribution in [0.4, 0.5) is 4.79 Å². The largest absolute Gasteiger partial charge is 0.444 e. The van der Waals surface area contributed by atoms with E-state index in [0.717, 1.165) is 22.2 Å². The molecule has 0 aromatic heterocycles. The number of ether oxygens (including phenoxy) is 1. The van der Waals surface area contributed by atoms with Crippen LogP contribution in [0.25, 0.3) is 0 Å². The fraction of sp³-hybridized carbons (Fsp3) is 0.385. The van der Waals surface area contributed by atoms with E-state index in [1.807, 2.05) is 50.4 Å². The molecule has 1 rings (SSSR count). The van der Waals surface area contributed by atoms with Crippen LogP contribution in [-0.4, -0.2) is 11.7 Å². The van der Waals surface area contributed by atoms with Crippen LogP contribution in [0, 0.1) is 10.7 Å². The fourth-order valence-electron chi connectivity index (χ4n) is 1.22. The highest BCUT2D eigenvalue weighted by molar-refractivity contribution is 8.03. The van der Waals surface area contributed by atoms with E-state index in [-0.39, 0.29) is 0 Å². The number of nitriles is 1. The third-order valence-corrected chi connectivity index (χ3v) is 2.52. The topological polar surface area (TPSA) is 62.1 Å². The molecule has 0 fully saturated rings. The number of alkyl carbamates (subject to hydrolysis) is 1. The molecule has 18 heavy (non-hydrogen) atoms. The fourth-order valence-corrected chi connectivity index (χ4v) is 1.59. The zero-order valence-corrected chi connectivity index (χ0v) is 11.5. The van der Waals surface area contributed by atoms with Crippen LogP contribution in [0.5, 0.6) is 0 Å². The molecule has 0 radical (unpaired) electrons. The van der Waals surface area contributed by atoms with Gasteiger partial charge in [-0.3, -0.25) is 0 Å². The van der Waals surface area contributed by atoms with Gasteiger partial charge in [0.2, 0.25) is 0 Å². The second-order valence-corrected chi connectivity index (χ2v) is 5.55. The average Bonchev–Trinajstić information content (AvgIpc) is 2.26. The maximum absolute atomic E-state index is 11.4. The molecule has 1 aromatic rings.